The van der Waals surface area contributed by atoms with Gasteiger partial charge in [0, 0.05) is 32.3 Å². The van der Waals surface area contributed by atoms with E-state index in [4.69, 9.17) is 16.7 Å². The van der Waals surface area contributed by atoms with Crippen LogP contribution in [0.4, 0.5) is 0 Å². The van der Waals surface area contributed by atoms with E-state index in [0.717, 1.165) is 0 Å². The standard InChI is InChI=1S/C6H5ClO.Pb/c7-5-1-3-6(8)4-2-5;/h1-4,8H;. The van der Waals surface area contributed by atoms with Gasteiger partial charge in [0.1, 0.15) is 5.75 Å². The summed E-state index contributed by atoms with van der Waals surface area (Å²) in [6.07, 6.45) is 0. The number of aromatic hydroxyl groups is 1. The van der Waals surface area contributed by atoms with E-state index in [1.165, 1.54) is 0 Å². The molecule has 0 aliphatic rings. The number of halogens is 1. The third-order valence-corrected chi connectivity index (χ3v) is 1.08. The van der Waals surface area contributed by atoms with Crippen molar-refractivity contribution in [1.29, 1.82) is 0 Å². The Morgan fingerprint density at radius 3 is 1.89 bits per heavy atom. The Hall–Kier alpha value is 0.232. The summed E-state index contributed by atoms with van der Waals surface area (Å²) < 4.78 is 0. The van der Waals surface area contributed by atoms with Gasteiger partial charge in [-0.15, -0.1) is 0 Å². The first kappa shape index (κ1) is 9.23. The van der Waals surface area contributed by atoms with Crippen molar-refractivity contribution in [2.45, 2.75) is 0 Å². The van der Waals surface area contributed by atoms with E-state index in [1.807, 2.05) is 0 Å². The molecule has 3 heteroatoms. The van der Waals surface area contributed by atoms with E-state index in [0.29, 0.717) is 5.02 Å². The molecule has 0 unspecified atom stereocenters. The van der Waals surface area contributed by atoms with Crippen LogP contribution in [-0.2, 0) is 0 Å². The molecule has 0 bridgehead atoms. The van der Waals surface area contributed by atoms with Crippen LogP contribution in [0.3, 0.4) is 0 Å². The van der Waals surface area contributed by atoms with Crippen LogP contribution < -0.4 is 0 Å². The van der Waals surface area contributed by atoms with Crippen LogP contribution in [0.15, 0.2) is 24.3 Å². The predicted octanol–water partition coefficient (Wildman–Crippen LogP) is 1.66. The van der Waals surface area contributed by atoms with Crippen molar-refractivity contribution >= 4 is 38.9 Å². The van der Waals surface area contributed by atoms with Gasteiger partial charge in [-0.1, -0.05) is 11.6 Å². The summed E-state index contributed by atoms with van der Waals surface area (Å²) in [5, 5.41) is 9.34. The van der Waals surface area contributed by atoms with Gasteiger partial charge in [0.25, 0.3) is 0 Å². The van der Waals surface area contributed by atoms with Gasteiger partial charge in [0.05, 0.1) is 0 Å². The van der Waals surface area contributed by atoms with Gasteiger partial charge in [-0.25, -0.2) is 0 Å². The number of hydrogen-bond acceptors (Lipinski definition) is 1. The molecule has 0 heterocycles. The fraction of sp³-hybridized carbons (Fsp3) is 0. The molecule has 4 radical (unpaired) electrons. The molecule has 0 aliphatic carbocycles. The van der Waals surface area contributed by atoms with Gasteiger partial charge in [0.2, 0.25) is 0 Å². The van der Waals surface area contributed by atoms with Crippen LogP contribution in [0.5, 0.6) is 5.75 Å². The number of phenols is 1. The molecule has 0 amide bonds. The Labute approximate surface area is 78.8 Å². The van der Waals surface area contributed by atoms with E-state index in [1.54, 1.807) is 24.3 Å². The fourth-order valence-electron chi connectivity index (χ4n) is 0.441. The topological polar surface area (TPSA) is 20.2 Å². The number of benzene rings is 1. The molecule has 0 fully saturated rings. The number of rotatable bonds is 0. The second-order valence-electron chi connectivity index (χ2n) is 1.48. The molecule has 0 spiro atoms. The maximum atomic E-state index is 8.70. The SMILES string of the molecule is Oc1ccc(Cl)cc1.[Pb]. The molecule has 0 aliphatic heterocycles. The fourth-order valence-corrected chi connectivity index (χ4v) is 0.567. The maximum absolute atomic E-state index is 8.70. The molecule has 1 aromatic rings. The molecule has 1 aromatic carbocycles. The summed E-state index contributed by atoms with van der Waals surface area (Å²) in [6, 6.07) is 6.36. The van der Waals surface area contributed by atoms with Crippen molar-refractivity contribution in [3.8, 4) is 5.75 Å². The third-order valence-electron chi connectivity index (χ3n) is 0.827. The third kappa shape index (κ3) is 3.05. The van der Waals surface area contributed by atoms with Crippen LogP contribution in [0.1, 0.15) is 0 Å². The summed E-state index contributed by atoms with van der Waals surface area (Å²) >= 11 is 5.50. The zero-order valence-electron chi connectivity index (χ0n) is 4.63. The molecule has 9 heavy (non-hydrogen) atoms. The zero-order chi connectivity index (χ0) is 5.98. The Morgan fingerprint density at radius 1 is 1.11 bits per heavy atom. The van der Waals surface area contributed by atoms with Crippen molar-refractivity contribution in [2.24, 2.45) is 0 Å². The van der Waals surface area contributed by atoms with Gasteiger partial charge in [0.15, 0.2) is 0 Å². The van der Waals surface area contributed by atoms with Crippen LogP contribution in [0.2, 0.25) is 5.02 Å². The van der Waals surface area contributed by atoms with E-state index in [-0.39, 0.29) is 33.0 Å². The van der Waals surface area contributed by atoms with Crippen molar-refractivity contribution in [2.75, 3.05) is 0 Å². The zero-order valence-corrected chi connectivity index (χ0v) is 9.28. The van der Waals surface area contributed by atoms with Gasteiger partial charge in [-0.2, -0.15) is 0 Å². The molecule has 0 atom stereocenters. The first-order chi connectivity index (χ1) is 3.79. The monoisotopic (exact) mass is 336 g/mol. The second kappa shape index (κ2) is 4.11. The predicted molar refractivity (Wildman–Crippen MR) is 38.9 cm³/mol. The largest absolute Gasteiger partial charge is 0.508 e. The second-order valence-corrected chi connectivity index (χ2v) is 1.91. The Bertz CT molecular complexity index is 152. The normalized spacial score (nSPS) is 8.11. The smallest absolute Gasteiger partial charge is 0.115 e. The summed E-state index contributed by atoms with van der Waals surface area (Å²) in [4.78, 5) is 0. The molecule has 1 rings (SSSR count). The minimum Gasteiger partial charge on any atom is -0.508 e. The molecule has 0 saturated heterocycles. The van der Waals surface area contributed by atoms with Crippen molar-refractivity contribution in [3.05, 3.63) is 29.3 Å². The van der Waals surface area contributed by atoms with Gasteiger partial charge >= 0.3 is 0 Å². The quantitative estimate of drug-likeness (QED) is 0.715. The molecular weight excluding hydrogens is 331 g/mol. The van der Waals surface area contributed by atoms with Gasteiger partial charge < -0.3 is 5.11 Å². The van der Waals surface area contributed by atoms with Crippen LogP contribution in [0, 0.1) is 0 Å². The van der Waals surface area contributed by atoms with E-state index in [2.05, 4.69) is 0 Å². The van der Waals surface area contributed by atoms with E-state index < -0.39 is 0 Å². The van der Waals surface area contributed by atoms with E-state index >= 15 is 0 Å². The summed E-state index contributed by atoms with van der Waals surface area (Å²) in [7, 11) is 0. The van der Waals surface area contributed by atoms with Crippen molar-refractivity contribution in [1.82, 2.24) is 0 Å². The molecule has 1 nitrogen and oxygen atoms in total. The van der Waals surface area contributed by atoms with Crippen molar-refractivity contribution < 1.29 is 5.11 Å². The van der Waals surface area contributed by atoms with Crippen molar-refractivity contribution in [3.63, 3.8) is 0 Å². The van der Waals surface area contributed by atoms with Crippen LogP contribution in [-0.4, -0.2) is 32.4 Å². The van der Waals surface area contributed by atoms with Crippen LogP contribution >= 0.6 is 11.6 Å². The number of phenolic OH excluding ortho intramolecular Hbond substituents is 1. The van der Waals surface area contributed by atoms with Gasteiger partial charge in [-0.05, 0) is 24.3 Å². The Kier molecular flexibility index (Phi) is 4.22. The first-order valence-corrected chi connectivity index (χ1v) is 2.61. The minimum atomic E-state index is 0. The molecule has 0 aromatic heterocycles. The molecule has 1 N–H and O–H groups in total. The van der Waals surface area contributed by atoms with Crippen LogP contribution in [0.25, 0.3) is 0 Å². The summed E-state index contributed by atoms with van der Waals surface area (Å²) in [5.41, 5.74) is 0. The Morgan fingerprint density at radius 2 is 1.56 bits per heavy atom. The average Bonchev–Trinajstić information content (AvgIpc) is 1.77. The molecule has 0 saturated carbocycles. The first-order valence-electron chi connectivity index (χ1n) is 2.23. The minimum absolute atomic E-state index is 0. The van der Waals surface area contributed by atoms with Gasteiger partial charge in [-0.3, -0.25) is 0 Å². The molecular formula is C6H5ClOPb. The Balaban J connectivity index is 0.000000640. The maximum Gasteiger partial charge on any atom is 0.115 e. The van der Waals surface area contributed by atoms with E-state index in [9.17, 15) is 0 Å². The summed E-state index contributed by atoms with van der Waals surface area (Å²) in [5.74, 6) is 0.245. The average molecular weight is 336 g/mol. The summed E-state index contributed by atoms with van der Waals surface area (Å²) in [6.45, 7) is 0. The number of hydrogen-bond donors (Lipinski definition) is 1. The molecule has 46 valence electrons.